The van der Waals surface area contributed by atoms with Crippen molar-refractivity contribution in [1.82, 2.24) is 5.32 Å². The number of hydrogen-bond donors (Lipinski definition) is 2. The lowest BCUT2D eigenvalue weighted by Gasteiger charge is -2.06. The molecule has 0 spiro atoms. The topological polar surface area (TPSA) is 84.5 Å². The predicted molar refractivity (Wildman–Crippen MR) is 67.6 cm³/mol. The number of anilines is 1. The molecule has 0 bridgehead atoms. The maximum Gasteiger partial charge on any atom is 0.332 e. The summed E-state index contributed by atoms with van der Waals surface area (Å²) in [5.74, 6) is -2.02. The van der Waals surface area contributed by atoms with Crippen LogP contribution in [0.5, 0.6) is 0 Å². The molecule has 2 amide bonds. The summed E-state index contributed by atoms with van der Waals surface area (Å²) in [6.07, 6.45) is 0.965. The zero-order valence-electron chi connectivity index (χ0n) is 9.82. The van der Waals surface area contributed by atoms with Crippen LogP contribution in [0, 0.1) is 0 Å². The summed E-state index contributed by atoms with van der Waals surface area (Å²) in [7, 11) is 1.19. The Labute approximate surface area is 113 Å². The average molecular weight is 281 g/mol. The smallest absolute Gasteiger partial charge is 0.332 e. The summed E-state index contributed by atoms with van der Waals surface area (Å²) in [5.41, 5.74) is 0.512. The van der Waals surface area contributed by atoms with E-state index in [9.17, 15) is 14.4 Å². The molecule has 19 heavy (non-hydrogen) atoms. The van der Waals surface area contributed by atoms with Crippen molar-refractivity contribution >= 4 is 35.1 Å². The molecule has 0 unspecified atom stereocenters. The largest absolute Gasteiger partial charge is 0.466 e. The Morgan fingerprint density at radius 3 is 2.68 bits per heavy atom. The fourth-order valence-corrected chi connectivity index (χ4v) is 1.70. The molecular weight excluding hydrogens is 272 g/mol. The third-order valence-corrected chi connectivity index (χ3v) is 2.67. The quantitative estimate of drug-likeness (QED) is 0.457. The van der Waals surface area contributed by atoms with Gasteiger partial charge in [0.2, 0.25) is 0 Å². The maximum absolute atomic E-state index is 11.8. The molecule has 2 rings (SSSR count). The van der Waals surface area contributed by atoms with E-state index in [1.165, 1.54) is 13.2 Å². The molecule has 1 heterocycles. The molecule has 0 aliphatic carbocycles. The molecule has 0 radical (unpaired) electrons. The number of halogens is 1. The number of carbonyl (C=O) groups is 3. The van der Waals surface area contributed by atoms with Gasteiger partial charge in [-0.15, -0.1) is 0 Å². The number of methoxy groups -OCH3 is 1. The SMILES string of the molecule is COC(=O)C=C1Nc2ccc(Cl)cc2C(=O)NC1=O. The van der Waals surface area contributed by atoms with E-state index in [0.717, 1.165) is 6.08 Å². The maximum atomic E-state index is 11.8. The molecule has 0 fully saturated rings. The number of fused-ring (bicyclic) bond motifs is 1. The molecule has 0 aromatic heterocycles. The van der Waals surface area contributed by atoms with Gasteiger partial charge in [0, 0.05) is 5.02 Å². The summed E-state index contributed by atoms with van der Waals surface area (Å²) >= 11 is 5.79. The van der Waals surface area contributed by atoms with Crippen LogP contribution in [0.15, 0.2) is 30.0 Å². The summed E-state index contributed by atoms with van der Waals surface area (Å²) in [4.78, 5) is 34.7. The number of esters is 1. The van der Waals surface area contributed by atoms with E-state index < -0.39 is 17.8 Å². The lowest BCUT2D eigenvalue weighted by atomic mass is 10.1. The van der Waals surface area contributed by atoms with E-state index >= 15 is 0 Å². The van der Waals surface area contributed by atoms with Crippen LogP contribution in [0.4, 0.5) is 5.69 Å². The Kier molecular flexibility index (Phi) is 3.52. The lowest BCUT2D eigenvalue weighted by Crippen LogP contribution is -2.30. The van der Waals surface area contributed by atoms with E-state index in [2.05, 4.69) is 15.4 Å². The van der Waals surface area contributed by atoms with Crippen molar-refractivity contribution in [3.8, 4) is 0 Å². The average Bonchev–Trinajstić information content (AvgIpc) is 2.48. The van der Waals surface area contributed by atoms with Crippen LogP contribution < -0.4 is 10.6 Å². The highest BCUT2D eigenvalue weighted by molar-refractivity contribution is 6.31. The molecule has 7 heteroatoms. The van der Waals surface area contributed by atoms with E-state index in [0.29, 0.717) is 10.7 Å². The first-order valence-corrected chi connectivity index (χ1v) is 5.61. The summed E-state index contributed by atoms with van der Waals surface area (Å²) < 4.78 is 4.43. The van der Waals surface area contributed by atoms with Crippen LogP contribution in [0.3, 0.4) is 0 Å². The first-order valence-electron chi connectivity index (χ1n) is 5.23. The first-order chi connectivity index (χ1) is 9.01. The second-order valence-electron chi connectivity index (χ2n) is 3.68. The molecule has 98 valence electrons. The van der Waals surface area contributed by atoms with Gasteiger partial charge >= 0.3 is 5.97 Å². The highest BCUT2D eigenvalue weighted by Crippen LogP contribution is 2.24. The molecule has 1 aromatic carbocycles. The monoisotopic (exact) mass is 280 g/mol. The molecule has 1 aromatic rings. The Morgan fingerprint density at radius 2 is 2.00 bits per heavy atom. The lowest BCUT2D eigenvalue weighted by molar-refractivity contribution is -0.135. The number of nitrogens with one attached hydrogen (secondary N) is 2. The first kappa shape index (κ1) is 13.1. The van der Waals surface area contributed by atoms with Crippen molar-refractivity contribution in [1.29, 1.82) is 0 Å². The van der Waals surface area contributed by atoms with Crippen molar-refractivity contribution in [3.63, 3.8) is 0 Å². The van der Waals surface area contributed by atoms with Crippen molar-refractivity contribution in [2.45, 2.75) is 0 Å². The Hall–Kier alpha value is -2.34. The van der Waals surface area contributed by atoms with Gasteiger partial charge in [-0.1, -0.05) is 11.6 Å². The van der Waals surface area contributed by atoms with E-state index in [1.807, 2.05) is 0 Å². The highest BCUT2D eigenvalue weighted by Gasteiger charge is 2.24. The fraction of sp³-hybridized carbons (Fsp3) is 0.0833. The number of hydrogen-bond acceptors (Lipinski definition) is 5. The summed E-state index contributed by atoms with van der Waals surface area (Å²) in [6, 6.07) is 4.53. The van der Waals surface area contributed by atoms with E-state index in [-0.39, 0.29) is 11.3 Å². The van der Waals surface area contributed by atoms with Gasteiger partial charge in [-0.25, -0.2) is 4.79 Å². The number of ether oxygens (including phenoxy) is 1. The van der Waals surface area contributed by atoms with Crippen molar-refractivity contribution < 1.29 is 19.1 Å². The van der Waals surface area contributed by atoms with Gasteiger partial charge in [0.05, 0.1) is 24.4 Å². The van der Waals surface area contributed by atoms with Crippen LogP contribution >= 0.6 is 11.6 Å². The van der Waals surface area contributed by atoms with Crippen molar-refractivity contribution in [2.24, 2.45) is 0 Å². The van der Waals surface area contributed by atoms with Gasteiger partial charge in [-0.3, -0.25) is 14.9 Å². The number of imide groups is 1. The standard InChI is InChI=1S/C12H9ClN2O4/c1-19-10(16)5-9-12(18)15-11(17)7-4-6(13)2-3-8(7)14-9/h2-5,14H,1H3,(H,15,17,18). The fourth-order valence-electron chi connectivity index (χ4n) is 1.53. The van der Waals surface area contributed by atoms with Crippen molar-refractivity contribution in [3.05, 3.63) is 40.6 Å². The predicted octanol–water partition coefficient (Wildman–Crippen LogP) is 1.08. The number of carbonyl (C=O) groups excluding carboxylic acids is 3. The summed E-state index contributed by atoms with van der Waals surface area (Å²) in [5, 5.41) is 5.19. The molecule has 6 nitrogen and oxygen atoms in total. The Bertz CT molecular complexity index is 610. The van der Waals surface area contributed by atoms with Crippen LogP contribution in [-0.4, -0.2) is 24.9 Å². The molecule has 1 aliphatic rings. The Balaban J connectivity index is 2.46. The normalized spacial score (nSPS) is 16.2. The van der Waals surface area contributed by atoms with Crippen LogP contribution in [0.2, 0.25) is 5.02 Å². The van der Waals surface area contributed by atoms with Crippen LogP contribution in [-0.2, 0) is 14.3 Å². The van der Waals surface area contributed by atoms with Gasteiger partial charge in [-0.05, 0) is 18.2 Å². The molecule has 0 atom stereocenters. The molecule has 0 saturated heterocycles. The minimum atomic E-state index is -0.720. The number of amides is 2. The number of rotatable bonds is 1. The second-order valence-corrected chi connectivity index (χ2v) is 4.12. The second kappa shape index (κ2) is 5.11. The van der Waals surface area contributed by atoms with E-state index in [1.54, 1.807) is 12.1 Å². The van der Waals surface area contributed by atoms with Gasteiger partial charge in [0.25, 0.3) is 11.8 Å². The third-order valence-electron chi connectivity index (χ3n) is 2.43. The van der Waals surface area contributed by atoms with Gasteiger partial charge in [0.1, 0.15) is 5.70 Å². The molecule has 0 saturated carbocycles. The van der Waals surface area contributed by atoms with Crippen LogP contribution in [0.1, 0.15) is 10.4 Å². The minimum absolute atomic E-state index is 0.0822. The number of benzene rings is 1. The Morgan fingerprint density at radius 1 is 1.26 bits per heavy atom. The zero-order valence-corrected chi connectivity index (χ0v) is 10.6. The third kappa shape index (κ3) is 2.74. The zero-order chi connectivity index (χ0) is 14.0. The highest BCUT2D eigenvalue weighted by atomic mass is 35.5. The van der Waals surface area contributed by atoms with Gasteiger partial charge < -0.3 is 10.1 Å². The van der Waals surface area contributed by atoms with Crippen LogP contribution in [0.25, 0.3) is 0 Å². The molecule has 1 aliphatic heterocycles. The molecule has 2 N–H and O–H groups in total. The summed E-state index contributed by atoms with van der Waals surface area (Å²) in [6.45, 7) is 0. The van der Waals surface area contributed by atoms with E-state index in [4.69, 9.17) is 11.6 Å². The van der Waals surface area contributed by atoms with Crippen molar-refractivity contribution in [2.75, 3.05) is 12.4 Å². The minimum Gasteiger partial charge on any atom is -0.466 e. The van der Waals surface area contributed by atoms with Gasteiger partial charge in [-0.2, -0.15) is 0 Å². The molecular formula is C12H9ClN2O4. The van der Waals surface area contributed by atoms with Gasteiger partial charge in [0.15, 0.2) is 0 Å².